The molecule has 5 heteroatoms. The Hall–Kier alpha value is -2.01. The number of anilines is 1. The van der Waals surface area contributed by atoms with Crippen LogP contribution in [-0.2, 0) is 4.74 Å². The smallest absolute Gasteiger partial charge is 0.270 e. The number of carbonyl (C=O) groups is 1. The largest absolute Gasteiger partial charge is 0.399 e. The number of fused-ring (bicyclic) bond motifs is 3. The summed E-state index contributed by atoms with van der Waals surface area (Å²) in [6.07, 6.45) is 2.57. The Morgan fingerprint density at radius 1 is 1.25 bits per heavy atom. The molecule has 0 aliphatic carbocycles. The molecule has 5 nitrogen and oxygen atoms in total. The number of H-pyrrole nitrogens is 1. The topological polar surface area (TPSA) is 71.4 Å². The molecular formula is C15H17N3O2. The molecule has 0 saturated carbocycles. The highest BCUT2D eigenvalue weighted by atomic mass is 16.5. The number of amides is 1. The van der Waals surface area contributed by atoms with Crippen LogP contribution in [0, 0.1) is 0 Å². The second-order valence-electron chi connectivity index (χ2n) is 5.70. The number of likely N-dealkylation sites (tertiary alicyclic amines) is 1. The van der Waals surface area contributed by atoms with Crippen LogP contribution in [0.5, 0.6) is 0 Å². The van der Waals surface area contributed by atoms with Crippen molar-refractivity contribution >= 4 is 22.5 Å². The molecule has 3 heterocycles. The number of nitrogens with two attached hydrogens (primary N) is 1. The highest BCUT2D eigenvalue weighted by Crippen LogP contribution is 2.27. The Labute approximate surface area is 116 Å². The normalized spacial score (nSPS) is 25.3. The summed E-state index contributed by atoms with van der Waals surface area (Å²) in [6, 6.07) is 7.50. The number of morpholine rings is 1. The number of nitrogens with one attached hydrogen (secondary N) is 1. The van der Waals surface area contributed by atoms with Crippen molar-refractivity contribution in [1.29, 1.82) is 0 Å². The molecule has 2 unspecified atom stereocenters. The zero-order chi connectivity index (χ0) is 13.7. The quantitative estimate of drug-likeness (QED) is 0.776. The van der Waals surface area contributed by atoms with Gasteiger partial charge in [-0.3, -0.25) is 4.79 Å². The van der Waals surface area contributed by atoms with Gasteiger partial charge in [0.25, 0.3) is 5.91 Å². The number of aromatic amines is 1. The molecule has 1 aromatic heterocycles. The number of nitrogen functional groups attached to an aromatic ring is 1. The molecule has 0 spiro atoms. The van der Waals surface area contributed by atoms with Gasteiger partial charge >= 0.3 is 0 Å². The first kappa shape index (κ1) is 11.8. The summed E-state index contributed by atoms with van der Waals surface area (Å²) in [5.74, 6) is 0.0555. The third-order valence-corrected chi connectivity index (χ3v) is 4.21. The summed E-state index contributed by atoms with van der Waals surface area (Å²) in [5.41, 5.74) is 8.05. The Morgan fingerprint density at radius 3 is 2.75 bits per heavy atom. The van der Waals surface area contributed by atoms with Crippen LogP contribution in [0.1, 0.15) is 23.3 Å². The van der Waals surface area contributed by atoms with Crippen molar-refractivity contribution in [2.24, 2.45) is 0 Å². The van der Waals surface area contributed by atoms with Gasteiger partial charge in [0.1, 0.15) is 5.69 Å². The monoisotopic (exact) mass is 271 g/mol. The number of nitrogens with zero attached hydrogens (tertiary/aromatic N) is 1. The van der Waals surface area contributed by atoms with Crippen molar-refractivity contribution in [1.82, 2.24) is 9.88 Å². The van der Waals surface area contributed by atoms with Gasteiger partial charge in [0.2, 0.25) is 0 Å². The van der Waals surface area contributed by atoms with E-state index in [2.05, 4.69) is 4.98 Å². The van der Waals surface area contributed by atoms with Crippen LogP contribution in [0.3, 0.4) is 0 Å². The fraction of sp³-hybridized carbons (Fsp3) is 0.400. The Bertz CT molecular complexity index is 667. The molecule has 2 aliphatic rings. The van der Waals surface area contributed by atoms with Gasteiger partial charge in [-0.05, 0) is 37.1 Å². The third-order valence-electron chi connectivity index (χ3n) is 4.21. The van der Waals surface area contributed by atoms with Gasteiger partial charge in [-0.25, -0.2) is 0 Å². The Balaban J connectivity index is 1.63. The van der Waals surface area contributed by atoms with Crippen LogP contribution in [0.2, 0.25) is 0 Å². The number of ether oxygens (including phenoxy) is 1. The maximum atomic E-state index is 12.6. The van der Waals surface area contributed by atoms with Crippen molar-refractivity contribution in [2.75, 3.05) is 18.8 Å². The lowest BCUT2D eigenvalue weighted by Gasteiger charge is -2.31. The molecule has 104 valence electrons. The molecular weight excluding hydrogens is 254 g/mol. The number of carbonyl (C=O) groups excluding carboxylic acids is 1. The van der Waals surface area contributed by atoms with Gasteiger partial charge in [-0.2, -0.15) is 0 Å². The predicted molar refractivity (Wildman–Crippen MR) is 76.5 cm³/mol. The number of benzene rings is 1. The first-order valence-corrected chi connectivity index (χ1v) is 7.02. The fourth-order valence-corrected chi connectivity index (χ4v) is 3.22. The van der Waals surface area contributed by atoms with Gasteiger partial charge in [0, 0.05) is 29.7 Å². The average Bonchev–Trinajstić information content (AvgIpc) is 3.00. The van der Waals surface area contributed by atoms with E-state index in [9.17, 15) is 4.79 Å². The van der Waals surface area contributed by atoms with Gasteiger partial charge in [0.05, 0.1) is 12.2 Å². The molecule has 2 bridgehead atoms. The summed E-state index contributed by atoms with van der Waals surface area (Å²) < 4.78 is 5.77. The van der Waals surface area contributed by atoms with E-state index in [1.165, 1.54) is 0 Å². The first-order chi connectivity index (χ1) is 9.69. The minimum absolute atomic E-state index is 0.0555. The van der Waals surface area contributed by atoms with E-state index in [1.807, 2.05) is 29.2 Å². The van der Waals surface area contributed by atoms with Crippen molar-refractivity contribution < 1.29 is 9.53 Å². The van der Waals surface area contributed by atoms with Crippen LogP contribution in [0.4, 0.5) is 5.69 Å². The van der Waals surface area contributed by atoms with Gasteiger partial charge in [-0.15, -0.1) is 0 Å². The third kappa shape index (κ3) is 1.86. The first-order valence-electron chi connectivity index (χ1n) is 7.02. The number of aromatic nitrogens is 1. The Kier molecular flexibility index (Phi) is 2.50. The lowest BCUT2D eigenvalue weighted by atomic mass is 10.2. The maximum absolute atomic E-state index is 12.6. The minimum Gasteiger partial charge on any atom is -0.399 e. The highest BCUT2D eigenvalue weighted by molar-refractivity contribution is 5.98. The van der Waals surface area contributed by atoms with Crippen LogP contribution in [-0.4, -0.2) is 41.1 Å². The number of rotatable bonds is 1. The number of hydrogen-bond donors (Lipinski definition) is 2. The summed E-state index contributed by atoms with van der Waals surface area (Å²) in [5, 5.41) is 0.976. The predicted octanol–water partition coefficient (Wildman–Crippen LogP) is 1.75. The lowest BCUT2D eigenvalue weighted by molar-refractivity contribution is -0.0305. The summed E-state index contributed by atoms with van der Waals surface area (Å²) in [4.78, 5) is 17.7. The van der Waals surface area contributed by atoms with E-state index in [0.717, 1.165) is 23.7 Å². The molecule has 2 saturated heterocycles. The van der Waals surface area contributed by atoms with E-state index >= 15 is 0 Å². The van der Waals surface area contributed by atoms with Crippen LogP contribution in [0.25, 0.3) is 10.9 Å². The second-order valence-corrected chi connectivity index (χ2v) is 5.70. The van der Waals surface area contributed by atoms with Gasteiger partial charge in [0.15, 0.2) is 0 Å². The summed E-state index contributed by atoms with van der Waals surface area (Å²) in [6.45, 7) is 1.40. The molecule has 2 aromatic rings. The molecule has 1 amide bonds. The molecule has 2 fully saturated rings. The van der Waals surface area contributed by atoms with Gasteiger partial charge in [-0.1, -0.05) is 0 Å². The zero-order valence-corrected chi connectivity index (χ0v) is 11.1. The molecule has 3 N–H and O–H groups in total. The molecule has 4 rings (SSSR count). The lowest BCUT2D eigenvalue weighted by Crippen LogP contribution is -2.45. The summed E-state index contributed by atoms with van der Waals surface area (Å²) in [7, 11) is 0. The molecule has 1 aromatic carbocycles. The summed E-state index contributed by atoms with van der Waals surface area (Å²) >= 11 is 0. The SMILES string of the molecule is Nc1ccc2[nH]c(C(=O)N3CC4CCC(C3)O4)cc2c1. The van der Waals surface area contributed by atoms with E-state index in [1.54, 1.807) is 0 Å². The van der Waals surface area contributed by atoms with Crippen molar-refractivity contribution in [3.05, 3.63) is 30.0 Å². The Morgan fingerprint density at radius 2 is 2.00 bits per heavy atom. The highest BCUT2D eigenvalue weighted by Gasteiger charge is 2.36. The van der Waals surface area contributed by atoms with Gasteiger partial charge < -0.3 is 20.4 Å². The van der Waals surface area contributed by atoms with Crippen LogP contribution in [0.15, 0.2) is 24.3 Å². The van der Waals surface area contributed by atoms with Crippen LogP contribution < -0.4 is 5.73 Å². The molecule has 2 atom stereocenters. The van der Waals surface area contributed by atoms with E-state index < -0.39 is 0 Å². The minimum atomic E-state index is 0.0555. The zero-order valence-electron chi connectivity index (χ0n) is 11.1. The molecule has 2 aliphatic heterocycles. The van der Waals surface area contributed by atoms with E-state index in [0.29, 0.717) is 24.5 Å². The number of hydrogen-bond acceptors (Lipinski definition) is 3. The van der Waals surface area contributed by atoms with Crippen molar-refractivity contribution in [2.45, 2.75) is 25.0 Å². The van der Waals surface area contributed by atoms with Crippen LogP contribution >= 0.6 is 0 Å². The van der Waals surface area contributed by atoms with Crippen molar-refractivity contribution in [3.63, 3.8) is 0 Å². The standard InChI is InChI=1S/C15H17N3O2/c16-10-1-4-13-9(5-10)6-14(17-13)15(19)18-7-11-2-3-12(8-18)20-11/h1,4-6,11-12,17H,2-3,7-8,16H2. The average molecular weight is 271 g/mol. The van der Waals surface area contributed by atoms with Crippen molar-refractivity contribution in [3.8, 4) is 0 Å². The molecule has 0 radical (unpaired) electrons. The molecule has 20 heavy (non-hydrogen) atoms. The van der Waals surface area contributed by atoms with E-state index in [-0.39, 0.29) is 18.1 Å². The second kappa shape index (κ2) is 4.24. The van der Waals surface area contributed by atoms with E-state index in [4.69, 9.17) is 10.5 Å². The maximum Gasteiger partial charge on any atom is 0.270 e. The fourth-order valence-electron chi connectivity index (χ4n) is 3.22.